The van der Waals surface area contributed by atoms with Crippen LogP contribution in [0.2, 0.25) is 10.0 Å². The van der Waals surface area contributed by atoms with Crippen molar-refractivity contribution in [2.45, 2.75) is 0 Å². The predicted molar refractivity (Wildman–Crippen MR) is 86.3 cm³/mol. The molecule has 1 aromatic rings. The number of nitrogens with zero attached hydrogens (tertiary/aromatic N) is 2. The Morgan fingerprint density at radius 1 is 1.14 bits per heavy atom. The maximum Gasteiger partial charge on any atom is 0.394 e. The lowest BCUT2D eigenvalue weighted by Gasteiger charge is -2.36. The first-order valence-electron chi connectivity index (χ1n) is 6.07. The zero-order valence-electron chi connectivity index (χ0n) is 11.4. The minimum atomic E-state index is -4.67. The van der Waals surface area contributed by atoms with Gasteiger partial charge in [-0.2, -0.15) is 8.42 Å². The topological polar surface area (TPSA) is 131 Å². The van der Waals surface area contributed by atoms with E-state index in [1.807, 2.05) is 17.0 Å². The zero-order chi connectivity index (χ0) is 16.9. The Bertz CT molecular complexity index is 625. The third-order valence-electron chi connectivity index (χ3n) is 2.89. The number of nitrogens with one attached hydrogen (secondary N) is 1. The summed E-state index contributed by atoms with van der Waals surface area (Å²) in [6.45, 7) is 3.18. The van der Waals surface area contributed by atoms with Crippen LogP contribution in [-0.2, 0) is 10.4 Å². The highest BCUT2D eigenvalue weighted by molar-refractivity contribution is 7.79. The van der Waals surface area contributed by atoms with Crippen LogP contribution >= 0.6 is 23.2 Å². The van der Waals surface area contributed by atoms with Crippen LogP contribution in [0.25, 0.3) is 0 Å². The summed E-state index contributed by atoms with van der Waals surface area (Å²) in [7, 11) is -4.67. The Kier molecular flexibility index (Phi) is 6.69. The molecule has 1 fully saturated rings. The smallest absolute Gasteiger partial charge is 0.370 e. The van der Waals surface area contributed by atoms with Crippen LogP contribution in [0.3, 0.4) is 0 Å². The lowest BCUT2D eigenvalue weighted by Crippen LogP contribution is -2.50. The van der Waals surface area contributed by atoms with Crippen LogP contribution < -0.4 is 10.6 Å². The highest BCUT2D eigenvalue weighted by Gasteiger charge is 2.18. The fraction of sp³-hybridized carbons (Fsp3) is 0.364. The van der Waals surface area contributed by atoms with Gasteiger partial charge in [0.15, 0.2) is 5.96 Å². The number of anilines is 1. The van der Waals surface area contributed by atoms with Gasteiger partial charge in [-0.3, -0.25) is 14.5 Å². The summed E-state index contributed by atoms with van der Waals surface area (Å²) < 4.78 is 31.6. The lowest BCUT2D eigenvalue weighted by molar-refractivity contribution is 0.380. The van der Waals surface area contributed by atoms with Crippen molar-refractivity contribution in [3.05, 3.63) is 28.2 Å². The Morgan fingerprint density at radius 3 is 2.05 bits per heavy atom. The van der Waals surface area contributed by atoms with Crippen molar-refractivity contribution in [2.75, 3.05) is 31.1 Å². The van der Waals surface area contributed by atoms with Crippen molar-refractivity contribution in [3.8, 4) is 0 Å². The number of guanidine groups is 1. The molecular formula is C11H16Cl2N4O4S. The van der Waals surface area contributed by atoms with Gasteiger partial charge in [-0.05, 0) is 18.2 Å². The van der Waals surface area contributed by atoms with E-state index >= 15 is 0 Å². The van der Waals surface area contributed by atoms with E-state index in [2.05, 4.69) is 4.90 Å². The van der Waals surface area contributed by atoms with Gasteiger partial charge in [0.05, 0.1) is 10.0 Å². The number of hydrogen-bond acceptors (Lipinski definition) is 4. The molecule has 0 atom stereocenters. The molecule has 5 N–H and O–H groups in total. The molecule has 0 radical (unpaired) electrons. The molecule has 0 amide bonds. The average molecular weight is 371 g/mol. The van der Waals surface area contributed by atoms with Gasteiger partial charge in [-0.25, -0.2) is 0 Å². The first kappa shape index (κ1) is 18.8. The fourth-order valence-corrected chi connectivity index (χ4v) is 2.18. The van der Waals surface area contributed by atoms with Crippen molar-refractivity contribution in [3.63, 3.8) is 0 Å². The molecule has 1 saturated heterocycles. The maximum absolute atomic E-state index is 8.74. The standard InChI is InChI=1S/C11H14Cl2N4.H2O4S/c12-9-2-1-8(7-10(9)13)16-3-5-17(6-4-16)11(14)15;1-5(2,3)4/h1-2,7H,3-6H2,(H3,14,15);(H2,1,2,3,4). The van der Waals surface area contributed by atoms with E-state index in [4.69, 9.17) is 51.9 Å². The highest BCUT2D eigenvalue weighted by Crippen LogP contribution is 2.27. The lowest BCUT2D eigenvalue weighted by atomic mass is 10.2. The molecule has 0 aliphatic carbocycles. The van der Waals surface area contributed by atoms with Gasteiger partial charge in [-0.1, -0.05) is 23.2 Å². The first-order valence-corrected chi connectivity index (χ1v) is 8.22. The molecular weight excluding hydrogens is 355 g/mol. The number of hydrogen-bond donors (Lipinski definition) is 4. The van der Waals surface area contributed by atoms with E-state index in [1.54, 1.807) is 6.07 Å². The van der Waals surface area contributed by atoms with E-state index in [0.29, 0.717) is 10.0 Å². The number of halogens is 2. The molecule has 0 aromatic heterocycles. The molecule has 8 nitrogen and oxygen atoms in total. The molecule has 1 heterocycles. The Labute approximate surface area is 138 Å². The number of nitrogens with two attached hydrogens (primary N) is 1. The van der Waals surface area contributed by atoms with Gasteiger partial charge in [0, 0.05) is 31.9 Å². The molecule has 2 rings (SSSR count). The van der Waals surface area contributed by atoms with Crippen LogP contribution in [-0.4, -0.2) is 54.6 Å². The van der Waals surface area contributed by atoms with Gasteiger partial charge in [-0.15, -0.1) is 0 Å². The monoisotopic (exact) mass is 370 g/mol. The van der Waals surface area contributed by atoms with Crippen molar-refractivity contribution >= 4 is 45.2 Å². The average Bonchev–Trinajstić information content (AvgIpc) is 2.40. The molecule has 0 unspecified atom stereocenters. The first-order chi connectivity index (χ1) is 10.1. The summed E-state index contributed by atoms with van der Waals surface area (Å²) in [6.07, 6.45) is 0. The van der Waals surface area contributed by atoms with Crippen LogP contribution in [0.5, 0.6) is 0 Å². The van der Waals surface area contributed by atoms with E-state index in [-0.39, 0.29) is 5.96 Å². The van der Waals surface area contributed by atoms with Gasteiger partial charge < -0.3 is 15.5 Å². The molecule has 11 heteroatoms. The van der Waals surface area contributed by atoms with Crippen LogP contribution in [0.1, 0.15) is 0 Å². The largest absolute Gasteiger partial charge is 0.394 e. The second-order valence-corrected chi connectivity index (χ2v) is 6.12. The molecule has 1 aromatic carbocycles. The summed E-state index contributed by atoms with van der Waals surface area (Å²) in [5.74, 6) is 0.138. The van der Waals surface area contributed by atoms with Crippen LogP contribution in [0.15, 0.2) is 18.2 Å². The minimum Gasteiger partial charge on any atom is -0.370 e. The van der Waals surface area contributed by atoms with Crippen molar-refractivity contribution < 1.29 is 17.5 Å². The van der Waals surface area contributed by atoms with Gasteiger partial charge >= 0.3 is 10.4 Å². The Balaban J connectivity index is 0.000000422. The summed E-state index contributed by atoms with van der Waals surface area (Å²) in [5.41, 5.74) is 6.51. The van der Waals surface area contributed by atoms with Crippen LogP contribution in [0.4, 0.5) is 5.69 Å². The summed E-state index contributed by atoms with van der Waals surface area (Å²) >= 11 is 11.9. The fourth-order valence-electron chi connectivity index (χ4n) is 1.89. The van der Waals surface area contributed by atoms with Crippen molar-refractivity contribution in [1.82, 2.24) is 4.90 Å². The third kappa shape index (κ3) is 6.67. The van der Waals surface area contributed by atoms with Crippen molar-refractivity contribution in [1.29, 1.82) is 5.41 Å². The third-order valence-corrected chi connectivity index (χ3v) is 3.63. The van der Waals surface area contributed by atoms with Gasteiger partial charge in [0.1, 0.15) is 0 Å². The summed E-state index contributed by atoms with van der Waals surface area (Å²) in [5, 5.41) is 8.50. The Morgan fingerprint density at radius 2 is 1.64 bits per heavy atom. The van der Waals surface area contributed by atoms with Crippen molar-refractivity contribution in [2.24, 2.45) is 5.73 Å². The molecule has 124 valence electrons. The predicted octanol–water partition coefficient (Wildman–Crippen LogP) is 1.36. The summed E-state index contributed by atoms with van der Waals surface area (Å²) in [4.78, 5) is 4.07. The molecule has 0 saturated carbocycles. The molecule has 0 bridgehead atoms. The van der Waals surface area contributed by atoms with Crippen LogP contribution in [0, 0.1) is 5.41 Å². The molecule has 0 spiro atoms. The quantitative estimate of drug-likeness (QED) is 0.333. The SMILES string of the molecule is N=C(N)N1CCN(c2ccc(Cl)c(Cl)c2)CC1.O=S(=O)(O)O. The Hall–Kier alpha value is -1.26. The number of benzene rings is 1. The van der Waals surface area contributed by atoms with Gasteiger partial charge in [0.2, 0.25) is 0 Å². The molecule has 22 heavy (non-hydrogen) atoms. The second kappa shape index (κ2) is 7.84. The normalized spacial score (nSPS) is 15.1. The number of piperazine rings is 1. The summed E-state index contributed by atoms with van der Waals surface area (Å²) in [6, 6.07) is 5.63. The van der Waals surface area contributed by atoms with E-state index in [9.17, 15) is 0 Å². The second-order valence-electron chi connectivity index (χ2n) is 4.41. The molecule has 1 aliphatic rings. The zero-order valence-corrected chi connectivity index (χ0v) is 13.7. The highest BCUT2D eigenvalue weighted by atomic mass is 35.5. The van der Waals surface area contributed by atoms with E-state index in [0.717, 1.165) is 31.9 Å². The van der Waals surface area contributed by atoms with Gasteiger partial charge in [0.25, 0.3) is 0 Å². The van der Waals surface area contributed by atoms with E-state index < -0.39 is 10.4 Å². The minimum absolute atomic E-state index is 0.138. The maximum atomic E-state index is 8.74. The number of rotatable bonds is 1. The molecule has 1 aliphatic heterocycles. The van der Waals surface area contributed by atoms with E-state index in [1.165, 1.54) is 0 Å².